The first kappa shape index (κ1) is 13.9. The Bertz CT molecular complexity index is 584. The molecule has 1 N–H and O–H groups in total. The minimum absolute atomic E-state index is 0.116. The predicted octanol–water partition coefficient (Wildman–Crippen LogP) is 2.60. The van der Waals surface area contributed by atoms with Gasteiger partial charge in [-0.15, -0.1) is 0 Å². The average Bonchev–Trinajstić information content (AvgIpc) is 2.48. The van der Waals surface area contributed by atoms with Crippen LogP contribution in [0, 0.1) is 10.1 Å². The number of hydrogen-bond donors (Lipinski definition) is 1. The number of hydrogen-bond acceptors (Lipinski definition) is 5. The lowest BCUT2D eigenvalue weighted by molar-refractivity contribution is -0.384. The van der Waals surface area contributed by atoms with E-state index in [4.69, 9.17) is 0 Å². The van der Waals surface area contributed by atoms with E-state index in [-0.39, 0.29) is 5.69 Å². The molecule has 0 spiro atoms. The number of nitro benzene ring substituents is 1. The summed E-state index contributed by atoms with van der Waals surface area (Å²) in [6.45, 7) is 2.76. The van der Waals surface area contributed by atoms with Crippen molar-refractivity contribution in [3.05, 3.63) is 58.0 Å². The highest BCUT2D eigenvalue weighted by Gasteiger charge is 2.03. The number of nitro groups is 1. The van der Waals surface area contributed by atoms with E-state index in [9.17, 15) is 10.1 Å². The topological polar surface area (TPSA) is 81.0 Å². The van der Waals surface area contributed by atoms with Gasteiger partial charge in [-0.25, -0.2) is 9.97 Å². The molecule has 104 valence electrons. The summed E-state index contributed by atoms with van der Waals surface area (Å²) in [5.41, 5.74) is 2.16. The number of nitrogens with one attached hydrogen (secondary N) is 1. The van der Waals surface area contributed by atoms with E-state index in [0.717, 1.165) is 36.5 Å². The zero-order valence-electron chi connectivity index (χ0n) is 11.2. The summed E-state index contributed by atoms with van der Waals surface area (Å²) in [7, 11) is 0. The molecular weight excluding hydrogens is 256 g/mol. The molecular formula is C14H16N4O2. The van der Waals surface area contributed by atoms with Gasteiger partial charge in [0.25, 0.3) is 5.69 Å². The summed E-state index contributed by atoms with van der Waals surface area (Å²) < 4.78 is 0. The van der Waals surface area contributed by atoms with Crippen molar-refractivity contribution in [3.8, 4) is 0 Å². The first-order valence-electron chi connectivity index (χ1n) is 6.47. The third-order valence-corrected chi connectivity index (χ3v) is 2.95. The first-order valence-corrected chi connectivity index (χ1v) is 6.47. The Morgan fingerprint density at radius 1 is 1.25 bits per heavy atom. The lowest BCUT2D eigenvalue weighted by Gasteiger charge is -2.06. The number of anilines is 1. The maximum absolute atomic E-state index is 10.6. The second-order valence-corrected chi connectivity index (χ2v) is 4.35. The van der Waals surface area contributed by atoms with Crippen LogP contribution >= 0.6 is 0 Å². The van der Waals surface area contributed by atoms with Crippen LogP contribution in [0.3, 0.4) is 0 Å². The second-order valence-electron chi connectivity index (χ2n) is 4.35. The summed E-state index contributed by atoms with van der Waals surface area (Å²) in [6.07, 6.45) is 3.20. The Morgan fingerprint density at radius 2 is 2.00 bits per heavy atom. The van der Waals surface area contributed by atoms with E-state index in [0.29, 0.717) is 0 Å². The largest absolute Gasteiger partial charge is 0.370 e. The normalized spacial score (nSPS) is 10.2. The average molecular weight is 272 g/mol. The Labute approximate surface area is 117 Å². The highest BCUT2D eigenvalue weighted by molar-refractivity contribution is 5.36. The van der Waals surface area contributed by atoms with Gasteiger partial charge in [0.05, 0.1) is 4.92 Å². The number of rotatable bonds is 6. The number of aromatic nitrogens is 2. The lowest BCUT2D eigenvalue weighted by Crippen LogP contribution is -2.07. The zero-order valence-corrected chi connectivity index (χ0v) is 11.2. The smallest absolute Gasteiger partial charge is 0.269 e. The number of benzene rings is 1. The quantitative estimate of drug-likeness (QED) is 0.645. The first-order chi connectivity index (χ1) is 9.69. The molecule has 1 aromatic carbocycles. The van der Waals surface area contributed by atoms with Crippen LogP contribution in [0.25, 0.3) is 0 Å². The molecule has 6 nitrogen and oxygen atoms in total. The van der Waals surface area contributed by atoms with Gasteiger partial charge in [-0.2, -0.15) is 0 Å². The molecule has 0 aliphatic heterocycles. The van der Waals surface area contributed by atoms with Gasteiger partial charge >= 0.3 is 0 Å². The maximum atomic E-state index is 10.6. The van der Waals surface area contributed by atoms with E-state index < -0.39 is 4.92 Å². The van der Waals surface area contributed by atoms with Crippen LogP contribution in [0.15, 0.2) is 36.7 Å². The molecule has 0 bridgehead atoms. The van der Waals surface area contributed by atoms with Crippen molar-refractivity contribution in [2.45, 2.75) is 19.8 Å². The van der Waals surface area contributed by atoms with E-state index >= 15 is 0 Å². The molecule has 0 amide bonds. The Kier molecular flexibility index (Phi) is 4.60. The van der Waals surface area contributed by atoms with Gasteiger partial charge in [0.2, 0.25) is 0 Å². The molecule has 0 aliphatic rings. The summed E-state index contributed by atoms with van der Waals surface area (Å²) in [5.74, 6) is 0.804. The van der Waals surface area contributed by atoms with Crippen molar-refractivity contribution < 1.29 is 4.92 Å². The molecule has 1 aromatic heterocycles. The number of non-ortho nitro benzene ring substituents is 1. The van der Waals surface area contributed by atoms with Crippen LogP contribution in [0.2, 0.25) is 0 Å². The molecule has 20 heavy (non-hydrogen) atoms. The molecule has 2 rings (SSSR count). The highest BCUT2D eigenvalue weighted by Crippen LogP contribution is 2.12. The van der Waals surface area contributed by atoms with Gasteiger partial charge in [-0.3, -0.25) is 10.1 Å². The van der Waals surface area contributed by atoms with Gasteiger partial charge in [-0.1, -0.05) is 19.1 Å². The van der Waals surface area contributed by atoms with Crippen LogP contribution in [-0.2, 0) is 12.8 Å². The zero-order chi connectivity index (χ0) is 14.4. The fraction of sp³-hybridized carbons (Fsp3) is 0.286. The summed E-state index contributed by atoms with van der Waals surface area (Å²) >= 11 is 0. The molecule has 1 heterocycles. The fourth-order valence-electron chi connectivity index (χ4n) is 1.81. The second kappa shape index (κ2) is 6.60. The third kappa shape index (κ3) is 3.74. The molecule has 6 heteroatoms. The van der Waals surface area contributed by atoms with E-state index in [1.54, 1.807) is 18.5 Å². The molecule has 0 saturated heterocycles. The molecule has 0 unspecified atom stereocenters. The molecule has 0 aliphatic carbocycles. The molecule has 0 atom stereocenters. The van der Waals surface area contributed by atoms with Crippen LogP contribution in [-0.4, -0.2) is 21.4 Å². The van der Waals surface area contributed by atoms with Crippen molar-refractivity contribution in [3.63, 3.8) is 0 Å². The van der Waals surface area contributed by atoms with Gasteiger partial charge in [0.15, 0.2) is 0 Å². The van der Waals surface area contributed by atoms with E-state index in [1.807, 2.05) is 13.0 Å². The van der Waals surface area contributed by atoms with Crippen LogP contribution < -0.4 is 5.32 Å². The predicted molar refractivity (Wildman–Crippen MR) is 76.7 cm³/mol. The SMILES string of the molecule is CCc1cc(NCCc2ccc([N+](=O)[O-])cc2)ncn1. The number of aryl methyl sites for hydroxylation is 1. The molecule has 2 aromatic rings. The summed E-state index contributed by atoms with van der Waals surface area (Å²) in [6, 6.07) is 8.52. The van der Waals surface area contributed by atoms with E-state index in [2.05, 4.69) is 15.3 Å². The van der Waals surface area contributed by atoms with E-state index in [1.165, 1.54) is 12.1 Å². The van der Waals surface area contributed by atoms with Gasteiger partial charge in [0.1, 0.15) is 12.1 Å². The van der Waals surface area contributed by atoms with Crippen molar-refractivity contribution in [1.82, 2.24) is 9.97 Å². The van der Waals surface area contributed by atoms with Crippen LogP contribution in [0.4, 0.5) is 11.5 Å². The fourth-order valence-corrected chi connectivity index (χ4v) is 1.81. The molecule has 0 fully saturated rings. The Morgan fingerprint density at radius 3 is 2.65 bits per heavy atom. The Hall–Kier alpha value is -2.50. The van der Waals surface area contributed by atoms with Crippen molar-refractivity contribution in [1.29, 1.82) is 0 Å². The van der Waals surface area contributed by atoms with Crippen LogP contribution in [0.1, 0.15) is 18.2 Å². The third-order valence-electron chi connectivity index (χ3n) is 2.95. The monoisotopic (exact) mass is 272 g/mol. The van der Waals surface area contributed by atoms with Gasteiger partial charge in [0, 0.05) is 30.4 Å². The standard InChI is InChI=1S/C14H16N4O2/c1-2-12-9-14(17-10-16-12)15-8-7-11-3-5-13(6-4-11)18(19)20/h3-6,9-10H,2,7-8H2,1H3,(H,15,16,17). The summed E-state index contributed by atoms with van der Waals surface area (Å²) in [4.78, 5) is 18.4. The maximum Gasteiger partial charge on any atom is 0.269 e. The van der Waals surface area contributed by atoms with Crippen molar-refractivity contribution >= 4 is 11.5 Å². The van der Waals surface area contributed by atoms with Crippen molar-refractivity contribution in [2.75, 3.05) is 11.9 Å². The highest BCUT2D eigenvalue weighted by atomic mass is 16.6. The molecule has 0 radical (unpaired) electrons. The number of nitrogens with zero attached hydrogens (tertiary/aromatic N) is 3. The molecule has 0 saturated carbocycles. The van der Waals surface area contributed by atoms with Gasteiger partial charge in [-0.05, 0) is 18.4 Å². The summed E-state index contributed by atoms with van der Waals surface area (Å²) in [5, 5.41) is 13.8. The lowest BCUT2D eigenvalue weighted by atomic mass is 10.1. The Balaban J connectivity index is 1.87. The minimum atomic E-state index is -0.394. The van der Waals surface area contributed by atoms with Gasteiger partial charge < -0.3 is 5.32 Å². The van der Waals surface area contributed by atoms with Crippen molar-refractivity contribution in [2.24, 2.45) is 0 Å². The minimum Gasteiger partial charge on any atom is -0.370 e. The van der Waals surface area contributed by atoms with Crippen LogP contribution in [0.5, 0.6) is 0 Å².